The van der Waals surface area contributed by atoms with E-state index in [1.807, 2.05) is 12.1 Å². The third-order valence-electron chi connectivity index (χ3n) is 2.63. The second-order valence-corrected chi connectivity index (χ2v) is 4.25. The highest BCUT2D eigenvalue weighted by Gasteiger charge is 2.07. The van der Waals surface area contributed by atoms with Gasteiger partial charge in [0.15, 0.2) is 5.78 Å². The third kappa shape index (κ3) is 2.51. The summed E-state index contributed by atoms with van der Waals surface area (Å²) < 4.78 is 5.00. The molecule has 0 spiro atoms. The zero-order valence-electron chi connectivity index (χ0n) is 10.1. The van der Waals surface area contributed by atoms with Crippen molar-refractivity contribution in [3.63, 3.8) is 0 Å². The summed E-state index contributed by atoms with van der Waals surface area (Å²) in [5, 5.41) is 0.454. The molecule has 0 radical (unpaired) electrons. The first-order valence-corrected chi connectivity index (χ1v) is 5.80. The standard InChI is InChI=1S/C14H12ClNO2/c1-9(17)12-5-3-10(7-13(12)15)11-4-6-14(18-2)16-8-11/h3-8H,1-2H3. The van der Waals surface area contributed by atoms with Crippen molar-refractivity contribution in [3.05, 3.63) is 47.1 Å². The zero-order valence-corrected chi connectivity index (χ0v) is 10.9. The van der Waals surface area contributed by atoms with Crippen molar-refractivity contribution in [2.75, 3.05) is 7.11 Å². The van der Waals surface area contributed by atoms with Gasteiger partial charge in [-0.25, -0.2) is 4.98 Å². The summed E-state index contributed by atoms with van der Waals surface area (Å²) in [7, 11) is 1.57. The van der Waals surface area contributed by atoms with Gasteiger partial charge in [-0.3, -0.25) is 4.79 Å². The van der Waals surface area contributed by atoms with Crippen molar-refractivity contribution in [2.24, 2.45) is 0 Å². The molecule has 0 aliphatic heterocycles. The number of benzene rings is 1. The molecule has 2 aromatic rings. The molecule has 18 heavy (non-hydrogen) atoms. The first kappa shape index (κ1) is 12.6. The molecule has 0 atom stereocenters. The number of ether oxygens (including phenoxy) is 1. The van der Waals surface area contributed by atoms with E-state index in [1.165, 1.54) is 6.92 Å². The second kappa shape index (κ2) is 5.19. The molecule has 0 N–H and O–H groups in total. The highest BCUT2D eigenvalue weighted by molar-refractivity contribution is 6.34. The van der Waals surface area contributed by atoms with Gasteiger partial charge < -0.3 is 4.74 Å². The summed E-state index contributed by atoms with van der Waals surface area (Å²) >= 11 is 6.07. The Morgan fingerprint density at radius 1 is 1.22 bits per heavy atom. The van der Waals surface area contributed by atoms with Crippen molar-refractivity contribution in [2.45, 2.75) is 6.92 Å². The van der Waals surface area contributed by atoms with E-state index >= 15 is 0 Å². The van der Waals surface area contributed by atoms with E-state index in [0.29, 0.717) is 16.5 Å². The molecular weight excluding hydrogens is 250 g/mol. The van der Waals surface area contributed by atoms with Crippen LogP contribution in [0.15, 0.2) is 36.5 Å². The second-order valence-electron chi connectivity index (χ2n) is 3.84. The van der Waals surface area contributed by atoms with Crippen LogP contribution in [0.5, 0.6) is 5.88 Å². The third-order valence-corrected chi connectivity index (χ3v) is 2.94. The molecule has 3 nitrogen and oxygen atoms in total. The normalized spacial score (nSPS) is 10.2. The fourth-order valence-corrected chi connectivity index (χ4v) is 1.97. The minimum atomic E-state index is -0.0422. The topological polar surface area (TPSA) is 39.2 Å². The first-order valence-electron chi connectivity index (χ1n) is 5.42. The lowest BCUT2D eigenvalue weighted by Gasteiger charge is -2.05. The molecule has 2 rings (SSSR count). The van der Waals surface area contributed by atoms with Gasteiger partial charge in [-0.2, -0.15) is 0 Å². The molecule has 0 saturated carbocycles. The number of ketones is 1. The summed E-state index contributed by atoms with van der Waals surface area (Å²) in [6, 6.07) is 9.02. The van der Waals surface area contributed by atoms with Gasteiger partial charge in [-0.15, -0.1) is 0 Å². The maximum atomic E-state index is 11.3. The number of methoxy groups -OCH3 is 1. The number of carbonyl (C=O) groups excluding carboxylic acids is 1. The summed E-state index contributed by atoms with van der Waals surface area (Å²) in [6.07, 6.45) is 1.71. The van der Waals surface area contributed by atoms with Crippen LogP contribution in [0.3, 0.4) is 0 Å². The molecule has 0 aliphatic carbocycles. The Hall–Kier alpha value is -1.87. The lowest BCUT2D eigenvalue weighted by atomic mass is 10.0. The SMILES string of the molecule is COc1ccc(-c2ccc(C(C)=O)c(Cl)c2)cn1. The van der Waals surface area contributed by atoms with Crippen LogP contribution in [0.2, 0.25) is 5.02 Å². The van der Waals surface area contributed by atoms with E-state index in [0.717, 1.165) is 11.1 Å². The van der Waals surface area contributed by atoms with Crippen LogP contribution >= 0.6 is 11.6 Å². The average Bonchev–Trinajstić information content (AvgIpc) is 2.38. The van der Waals surface area contributed by atoms with E-state index in [4.69, 9.17) is 16.3 Å². The minimum Gasteiger partial charge on any atom is -0.481 e. The number of Topliss-reactive ketones (excluding diaryl/α,β-unsaturated/α-hetero) is 1. The predicted octanol–water partition coefficient (Wildman–Crippen LogP) is 3.61. The van der Waals surface area contributed by atoms with Gasteiger partial charge in [-0.1, -0.05) is 17.7 Å². The number of hydrogen-bond donors (Lipinski definition) is 0. The van der Waals surface area contributed by atoms with Gasteiger partial charge in [0.05, 0.1) is 12.1 Å². The predicted molar refractivity (Wildman–Crippen MR) is 71.2 cm³/mol. The van der Waals surface area contributed by atoms with Gasteiger partial charge in [0.1, 0.15) is 0 Å². The van der Waals surface area contributed by atoms with E-state index < -0.39 is 0 Å². The number of nitrogens with zero attached hydrogens (tertiary/aromatic N) is 1. The molecule has 0 fully saturated rings. The van der Waals surface area contributed by atoms with E-state index in [-0.39, 0.29) is 5.78 Å². The van der Waals surface area contributed by atoms with Gasteiger partial charge in [0.2, 0.25) is 5.88 Å². The largest absolute Gasteiger partial charge is 0.481 e. The molecule has 1 aromatic heterocycles. The smallest absolute Gasteiger partial charge is 0.212 e. The van der Waals surface area contributed by atoms with Crippen molar-refractivity contribution < 1.29 is 9.53 Å². The van der Waals surface area contributed by atoms with Crippen LogP contribution in [-0.2, 0) is 0 Å². The van der Waals surface area contributed by atoms with Crippen LogP contribution < -0.4 is 4.74 Å². The summed E-state index contributed by atoms with van der Waals surface area (Å²) in [5.74, 6) is 0.518. The first-order chi connectivity index (χ1) is 8.61. The lowest BCUT2D eigenvalue weighted by molar-refractivity contribution is 0.101. The number of halogens is 1. The Balaban J connectivity index is 2.39. The lowest BCUT2D eigenvalue weighted by Crippen LogP contribution is -1.93. The molecule has 4 heteroatoms. The summed E-state index contributed by atoms with van der Waals surface area (Å²) in [4.78, 5) is 15.4. The Kier molecular flexibility index (Phi) is 3.63. The number of carbonyl (C=O) groups is 1. The van der Waals surface area contributed by atoms with E-state index in [9.17, 15) is 4.79 Å². The number of rotatable bonds is 3. The van der Waals surface area contributed by atoms with Crippen LogP contribution in [0.25, 0.3) is 11.1 Å². The van der Waals surface area contributed by atoms with E-state index in [2.05, 4.69) is 4.98 Å². The van der Waals surface area contributed by atoms with Gasteiger partial charge >= 0.3 is 0 Å². The Morgan fingerprint density at radius 3 is 2.44 bits per heavy atom. The van der Waals surface area contributed by atoms with Crippen molar-refractivity contribution in [1.29, 1.82) is 0 Å². The molecule has 0 bridgehead atoms. The number of hydrogen-bond acceptors (Lipinski definition) is 3. The van der Waals surface area contributed by atoms with Crippen LogP contribution in [-0.4, -0.2) is 17.9 Å². The molecule has 92 valence electrons. The van der Waals surface area contributed by atoms with Crippen molar-refractivity contribution in [1.82, 2.24) is 4.98 Å². The molecule has 0 unspecified atom stereocenters. The molecule has 1 aromatic carbocycles. The molecule has 0 saturated heterocycles. The highest BCUT2D eigenvalue weighted by Crippen LogP contribution is 2.26. The van der Waals surface area contributed by atoms with Crippen LogP contribution in [0.4, 0.5) is 0 Å². The molecular formula is C14H12ClNO2. The van der Waals surface area contributed by atoms with Gasteiger partial charge in [0, 0.05) is 23.4 Å². The van der Waals surface area contributed by atoms with Crippen molar-refractivity contribution in [3.8, 4) is 17.0 Å². The van der Waals surface area contributed by atoms with Crippen LogP contribution in [0, 0.1) is 0 Å². The van der Waals surface area contributed by atoms with E-state index in [1.54, 1.807) is 31.5 Å². The molecule has 1 heterocycles. The summed E-state index contributed by atoms with van der Waals surface area (Å²) in [6.45, 7) is 1.50. The Morgan fingerprint density at radius 2 is 1.94 bits per heavy atom. The number of pyridine rings is 1. The summed E-state index contributed by atoms with van der Waals surface area (Å²) in [5.41, 5.74) is 2.37. The maximum Gasteiger partial charge on any atom is 0.212 e. The molecule has 0 amide bonds. The van der Waals surface area contributed by atoms with Gasteiger partial charge in [-0.05, 0) is 30.7 Å². The fraction of sp³-hybridized carbons (Fsp3) is 0.143. The number of aromatic nitrogens is 1. The quantitative estimate of drug-likeness (QED) is 0.793. The zero-order chi connectivity index (χ0) is 13.1. The highest BCUT2D eigenvalue weighted by atomic mass is 35.5. The Labute approximate surface area is 110 Å². The fourth-order valence-electron chi connectivity index (χ4n) is 1.65. The maximum absolute atomic E-state index is 11.3. The van der Waals surface area contributed by atoms with Crippen LogP contribution in [0.1, 0.15) is 17.3 Å². The monoisotopic (exact) mass is 261 g/mol. The average molecular weight is 262 g/mol. The van der Waals surface area contributed by atoms with Gasteiger partial charge in [0.25, 0.3) is 0 Å². The van der Waals surface area contributed by atoms with Crippen molar-refractivity contribution >= 4 is 17.4 Å². The minimum absolute atomic E-state index is 0.0422. The molecule has 0 aliphatic rings. The Bertz CT molecular complexity index is 579.